The van der Waals surface area contributed by atoms with E-state index in [4.69, 9.17) is 0 Å². The van der Waals surface area contributed by atoms with E-state index in [9.17, 15) is 31.7 Å². The normalized spacial score (nSPS) is 12.2. The Bertz CT molecular complexity index is 1470. The molecule has 0 atom stereocenters. The molecule has 11 heteroatoms. The standard InChI is InChI=1S/C22H24N2O7S2/c1-4-15-8-5-9-16-18(14-23(20(15)16)12-7-13-32(2,28)29)21(25)17-10-6-11-19(24(26)27)22(17)33(3,30)31/h5-6,8-11,14H,4,7,12-13H2,1-3H3. The number of hydrogen-bond acceptors (Lipinski definition) is 7. The molecule has 0 aliphatic rings. The fourth-order valence-electron chi connectivity index (χ4n) is 3.96. The molecule has 0 aliphatic heterocycles. The lowest BCUT2D eigenvalue weighted by atomic mass is 10.0. The summed E-state index contributed by atoms with van der Waals surface area (Å²) in [6.07, 6.45) is 4.55. The maximum atomic E-state index is 13.6. The van der Waals surface area contributed by atoms with E-state index in [0.29, 0.717) is 24.8 Å². The number of benzene rings is 2. The molecule has 0 saturated carbocycles. The highest BCUT2D eigenvalue weighted by atomic mass is 32.2. The van der Waals surface area contributed by atoms with Gasteiger partial charge < -0.3 is 4.57 Å². The van der Waals surface area contributed by atoms with Crippen LogP contribution >= 0.6 is 0 Å². The topological polar surface area (TPSA) is 133 Å². The van der Waals surface area contributed by atoms with Gasteiger partial charge in [0, 0.05) is 47.8 Å². The van der Waals surface area contributed by atoms with Crippen LogP contribution in [-0.2, 0) is 32.6 Å². The number of fused-ring (bicyclic) bond motifs is 1. The number of rotatable bonds is 9. The highest BCUT2D eigenvalue weighted by Gasteiger charge is 2.30. The molecule has 3 aromatic rings. The number of hydrogen-bond donors (Lipinski definition) is 0. The number of nitrogens with zero attached hydrogens (tertiary/aromatic N) is 2. The van der Waals surface area contributed by atoms with Gasteiger partial charge in [0.15, 0.2) is 20.5 Å². The van der Waals surface area contributed by atoms with Crippen LogP contribution in [0, 0.1) is 10.1 Å². The lowest BCUT2D eigenvalue weighted by Crippen LogP contribution is -2.12. The molecule has 9 nitrogen and oxygen atoms in total. The molecule has 0 unspecified atom stereocenters. The molecule has 0 aliphatic carbocycles. The first-order valence-electron chi connectivity index (χ1n) is 10.2. The third-order valence-corrected chi connectivity index (χ3v) is 7.53. The first kappa shape index (κ1) is 24.6. The number of carbonyl (C=O) groups excluding carboxylic acids is 1. The highest BCUT2D eigenvalue weighted by molar-refractivity contribution is 7.91. The van der Waals surface area contributed by atoms with Crippen molar-refractivity contribution in [3.63, 3.8) is 0 Å². The monoisotopic (exact) mass is 492 g/mol. The van der Waals surface area contributed by atoms with Gasteiger partial charge in [-0.1, -0.05) is 31.2 Å². The SMILES string of the molecule is CCc1cccc2c(C(=O)c3cccc([N+](=O)[O-])c3S(C)(=O)=O)cn(CCCS(C)(=O)=O)c12. The Morgan fingerprint density at radius 2 is 1.70 bits per heavy atom. The van der Waals surface area contributed by atoms with Crippen LogP contribution < -0.4 is 0 Å². The molecule has 1 heterocycles. The maximum absolute atomic E-state index is 13.6. The van der Waals surface area contributed by atoms with Gasteiger partial charge >= 0.3 is 0 Å². The Hall–Kier alpha value is -3.05. The zero-order chi connectivity index (χ0) is 24.6. The molecule has 2 aromatic carbocycles. The summed E-state index contributed by atoms with van der Waals surface area (Å²) in [7, 11) is -7.25. The van der Waals surface area contributed by atoms with E-state index < -0.39 is 41.0 Å². The second kappa shape index (κ2) is 9.06. The van der Waals surface area contributed by atoms with E-state index in [0.717, 1.165) is 29.7 Å². The second-order valence-corrected chi connectivity index (χ2v) is 12.1. The molecule has 33 heavy (non-hydrogen) atoms. The van der Waals surface area contributed by atoms with E-state index in [1.807, 2.05) is 13.0 Å². The van der Waals surface area contributed by atoms with Gasteiger partial charge in [0.25, 0.3) is 5.69 Å². The summed E-state index contributed by atoms with van der Waals surface area (Å²) in [6.45, 7) is 2.29. The highest BCUT2D eigenvalue weighted by Crippen LogP contribution is 2.32. The van der Waals surface area contributed by atoms with Crippen molar-refractivity contribution in [2.24, 2.45) is 0 Å². The second-order valence-electron chi connectivity index (χ2n) is 7.90. The molecule has 0 bridgehead atoms. The predicted molar refractivity (Wildman–Crippen MR) is 125 cm³/mol. The van der Waals surface area contributed by atoms with Crippen molar-refractivity contribution in [1.82, 2.24) is 4.57 Å². The lowest BCUT2D eigenvalue weighted by molar-refractivity contribution is -0.387. The summed E-state index contributed by atoms with van der Waals surface area (Å²) < 4.78 is 49.7. The molecule has 3 rings (SSSR count). The lowest BCUT2D eigenvalue weighted by Gasteiger charge is -2.08. The van der Waals surface area contributed by atoms with E-state index in [-0.39, 0.29) is 16.9 Å². The van der Waals surface area contributed by atoms with Gasteiger partial charge in [-0.3, -0.25) is 14.9 Å². The Balaban J connectivity index is 2.22. The van der Waals surface area contributed by atoms with Crippen molar-refractivity contribution in [2.45, 2.75) is 31.2 Å². The van der Waals surface area contributed by atoms with Crippen LogP contribution in [0.2, 0.25) is 0 Å². The van der Waals surface area contributed by atoms with Crippen LogP contribution in [0.15, 0.2) is 47.5 Å². The zero-order valence-corrected chi connectivity index (χ0v) is 20.1. The number of nitro benzene ring substituents is 1. The van der Waals surface area contributed by atoms with Crippen molar-refractivity contribution < 1.29 is 26.6 Å². The third-order valence-electron chi connectivity index (χ3n) is 5.33. The molecule has 176 valence electrons. The van der Waals surface area contributed by atoms with Crippen molar-refractivity contribution in [3.8, 4) is 0 Å². The van der Waals surface area contributed by atoms with Crippen LogP contribution in [-0.4, -0.2) is 50.4 Å². The van der Waals surface area contributed by atoms with Crippen LogP contribution in [0.5, 0.6) is 0 Å². The van der Waals surface area contributed by atoms with Gasteiger partial charge in [-0.05, 0) is 24.5 Å². The molecule has 0 saturated heterocycles. The Labute approximate surface area is 192 Å². The molecule has 0 amide bonds. The first-order valence-corrected chi connectivity index (χ1v) is 14.1. The van der Waals surface area contributed by atoms with E-state index in [1.165, 1.54) is 12.1 Å². The molecular formula is C22H24N2O7S2. The summed E-state index contributed by atoms with van der Waals surface area (Å²) in [5.41, 5.74) is 0.958. The van der Waals surface area contributed by atoms with Gasteiger partial charge in [-0.15, -0.1) is 0 Å². The van der Waals surface area contributed by atoms with Crippen LogP contribution in [0.1, 0.15) is 34.8 Å². The van der Waals surface area contributed by atoms with Crippen LogP contribution in [0.4, 0.5) is 5.69 Å². The number of nitro groups is 1. The molecule has 0 N–H and O–H groups in total. The molecule has 0 spiro atoms. The fourth-order valence-corrected chi connectivity index (χ4v) is 5.70. The molecule has 0 fully saturated rings. The van der Waals surface area contributed by atoms with E-state index >= 15 is 0 Å². The summed E-state index contributed by atoms with van der Waals surface area (Å²) in [6, 6.07) is 9.01. The van der Waals surface area contributed by atoms with Crippen molar-refractivity contribution in [2.75, 3.05) is 18.3 Å². The van der Waals surface area contributed by atoms with Crippen molar-refractivity contribution in [3.05, 3.63) is 69.4 Å². The zero-order valence-electron chi connectivity index (χ0n) is 18.4. The van der Waals surface area contributed by atoms with Gasteiger partial charge in [0.1, 0.15) is 9.84 Å². The maximum Gasteiger partial charge on any atom is 0.288 e. The third kappa shape index (κ3) is 5.14. The van der Waals surface area contributed by atoms with Gasteiger partial charge in [0.05, 0.1) is 16.2 Å². The Kier molecular flexibility index (Phi) is 6.75. The van der Waals surface area contributed by atoms with E-state index in [2.05, 4.69) is 0 Å². The van der Waals surface area contributed by atoms with Crippen molar-refractivity contribution in [1.29, 1.82) is 0 Å². The van der Waals surface area contributed by atoms with E-state index in [1.54, 1.807) is 22.9 Å². The summed E-state index contributed by atoms with van der Waals surface area (Å²) >= 11 is 0. The quantitative estimate of drug-likeness (QED) is 0.254. The fraction of sp³-hybridized carbons (Fsp3) is 0.318. The average Bonchev–Trinajstić information content (AvgIpc) is 3.10. The van der Waals surface area contributed by atoms with Crippen molar-refractivity contribution >= 4 is 42.0 Å². The minimum atomic E-state index is -4.09. The molecule has 0 radical (unpaired) electrons. The summed E-state index contributed by atoms with van der Waals surface area (Å²) in [5.74, 6) is -0.674. The predicted octanol–water partition coefficient (Wildman–Crippen LogP) is 3.18. The number of ketones is 1. The number of sulfone groups is 2. The Morgan fingerprint density at radius 3 is 2.27 bits per heavy atom. The Morgan fingerprint density at radius 1 is 1.03 bits per heavy atom. The summed E-state index contributed by atoms with van der Waals surface area (Å²) in [4.78, 5) is 23.6. The smallest absolute Gasteiger partial charge is 0.288 e. The molecule has 1 aromatic heterocycles. The van der Waals surface area contributed by atoms with Crippen LogP contribution in [0.3, 0.4) is 0 Å². The number of para-hydroxylation sites is 1. The largest absolute Gasteiger partial charge is 0.346 e. The summed E-state index contributed by atoms with van der Waals surface area (Å²) in [5, 5.41) is 12.0. The number of aryl methyl sites for hydroxylation is 2. The van der Waals surface area contributed by atoms with Gasteiger partial charge in [-0.25, -0.2) is 16.8 Å². The van der Waals surface area contributed by atoms with Crippen LogP contribution in [0.25, 0.3) is 10.9 Å². The number of carbonyl (C=O) groups is 1. The van der Waals surface area contributed by atoms with Gasteiger partial charge in [0.2, 0.25) is 0 Å². The number of aromatic nitrogens is 1. The average molecular weight is 493 g/mol. The van der Waals surface area contributed by atoms with Gasteiger partial charge in [-0.2, -0.15) is 0 Å². The first-order chi connectivity index (χ1) is 15.3. The minimum absolute atomic E-state index is 0.0205. The minimum Gasteiger partial charge on any atom is -0.346 e. The molecular weight excluding hydrogens is 468 g/mol.